The highest BCUT2D eigenvalue weighted by Gasteiger charge is 2.38. The summed E-state index contributed by atoms with van der Waals surface area (Å²) in [5, 5.41) is 5.72. The Labute approximate surface area is 254 Å². The first-order chi connectivity index (χ1) is 20.7. The quantitative estimate of drug-likeness (QED) is 0.468. The van der Waals surface area contributed by atoms with E-state index >= 15 is 0 Å². The molecule has 0 radical (unpaired) electrons. The molecule has 0 aromatic heterocycles. The number of nitrogens with zero attached hydrogens (tertiary/aromatic N) is 2. The predicted octanol–water partition coefficient (Wildman–Crippen LogP) is 4.14. The fourth-order valence-electron chi connectivity index (χ4n) is 6.33. The van der Waals surface area contributed by atoms with Gasteiger partial charge >= 0.3 is 12.1 Å². The molecular formula is C33H44N4O6. The van der Waals surface area contributed by atoms with Gasteiger partial charge in [0.25, 0.3) is 0 Å². The molecule has 2 aromatic rings. The first-order valence-corrected chi connectivity index (χ1v) is 15.4. The third-order valence-corrected chi connectivity index (χ3v) is 8.29. The summed E-state index contributed by atoms with van der Waals surface area (Å²) in [5.41, 5.74) is 1.87. The summed E-state index contributed by atoms with van der Waals surface area (Å²) in [6.07, 6.45) is 2.03. The van der Waals surface area contributed by atoms with Crippen molar-refractivity contribution >= 4 is 18.0 Å². The van der Waals surface area contributed by atoms with E-state index in [-0.39, 0.29) is 36.6 Å². The number of urea groups is 1. The maximum Gasteiger partial charge on any atom is 0.407 e. The molecule has 10 heteroatoms. The van der Waals surface area contributed by atoms with Crippen LogP contribution < -0.4 is 15.4 Å². The predicted molar refractivity (Wildman–Crippen MR) is 162 cm³/mol. The Bertz CT molecular complexity index is 1260. The lowest BCUT2D eigenvalue weighted by atomic mass is 9.76. The monoisotopic (exact) mass is 592 g/mol. The zero-order chi connectivity index (χ0) is 30.4. The normalized spacial score (nSPS) is 21.8. The summed E-state index contributed by atoms with van der Waals surface area (Å²) < 4.78 is 16.9. The number of hydrogen-bond donors (Lipinski definition) is 2. The molecule has 0 spiro atoms. The van der Waals surface area contributed by atoms with E-state index in [4.69, 9.17) is 14.2 Å². The van der Waals surface area contributed by atoms with Crippen LogP contribution in [0.3, 0.4) is 0 Å². The Morgan fingerprint density at radius 2 is 1.72 bits per heavy atom. The van der Waals surface area contributed by atoms with Gasteiger partial charge in [-0.25, -0.2) is 9.59 Å². The summed E-state index contributed by atoms with van der Waals surface area (Å²) in [6.45, 7) is 8.76. The van der Waals surface area contributed by atoms with Gasteiger partial charge in [-0.15, -0.1) is 0 Å². The van der Waals surface area contributed by atoms with Gasteiger partial charge in [0.2, 0.25) is 5.91 Å². The molecule has 0 bridgehead atoms. The third-order valence-electron chi connectivity index (χ3n) is 8.29. The van der Waals surface area contributed by atoms with E-state index in [0.29, 0.717) is 45.2 Å². The first-order valence-electron chi connectivity index (χ1n) is 15.4. The van der Waals surface area contributed by atoms with Gasteiger partial charge in [0.05, 0.1) is 18.7 Å². The zero-order valence-corrected chi connectivity index (χ0v) is 25.4. The van der Waals surface area contributed by atoms with E-state index < -0.39 is 11.7 Å². The van der Waals surface area contributed by atoms with Crippen molar-refractivity contribution < 1.29 is 28.6 Å². The molecule has 3 aliphatic rings. The van der Waals surface area contributed by atoms with E-state index in [2.05, 4.69) is 47.0 Å². The number of carbonyl (C=O) groups excluding carboxylic acids is 3. The van der Waals surface area contributed by atoms with Crippen LogP contribution in [0, 0.1) is 5.92 Å². The summed E-state index contributed by atoms with van der Waals surface area (Å²) in [7, 11) is 0. The van der Waals surface area contributed by atoms with Crippen LogP contribution in [0.2, 0.25) is 0 Å². The number of nitrogens with one attached hydrogen (secondary N) is 2. The molecule has 0 aliphatic carbocycles. The average molecular weight is 593 g/mol. The van der Waals surface area contributed by atoms with Crippen molar-refractivity contribution in [2.45, 2.75) is 63.7 Å². The molecule has 1 unspecified atom stereocenters. The smallest absolute Gasteiger partial charge is 0.407 e. The van der Waals surface area contributed by atoms with E-state index in [1.165, 1.54) is 11.1 Å². The molecule has 2 N–H and O–H groups in total. The van der Waals surface area contributed by atoms with Crippen molar-refractivity contribution in [1.82, 2.24) is 20.4 Å². The summed E-state index contributed by atoms with van der Waals surface area (Å²) in [5.74, 6) is 1.15. The number of piperidine rings is 2. The molecule has 3 heterocycles. The van der Waals surface area contributed by atoms with Crippen LogP contribution in [0.25, 0.3) is 0 Å². The van der Waals surface area contributed by atoms with Crippen molar-refractivity contribution in [3.8, 4) is 5.75 Å². The van der Waals surface area contributed by atoms with Gasteiger partial charge < -0.3 is 34.6 Å². The van der Waals surface area contributed by atoms with Crippen LogP contribution in [-0.2, 0) is 14.3 Å². The topological polar surface area (TPSA) is 109 Å². The van der Waals surface area contributed by atoms with Crippen LogP contribution >= 0.6 is 0 Å². The van der Waals surface area contributed by atoms with Crippen molar-refractivity contribution in [2.75, 3.05) is 45.9 Å². The van der Waals surface area contributed by atoms with Crippen molar-refractivity contribution in [3.63, 3.8) is 0 Å². The van der Waals surface area contributed by atoms with Gasteiger partial charge in [-0.3, -0.25) is 4.79 Å². The van der Waals surface area contributed by atoms with Crippen LogP contribution in [0.1, 0.15) is 57.1 Å². The van der Waals surface area contributed by atoms with Gasteiger partial charge in [0.1, 0.15) is 24.6 Å². The molecule has 43 heavy (non-hydrogen) atoms. The molecule has 0 saturated carbocycles. The molecule has 4 amide bonds. The van der Waals surface area contributed by atoms with Crippen molar-refractivity contribution in [2.24, 2.45) is 5.92 Å². The molecule has 3 fully saturated rings. The second-order valence-corrected chi connectivity index (χ2v) is 12.6. The maximum absolute atomic E-state index is 13.5. The zero-order valence-electron chi connectivity index (χ0n) is 25.4. The fourth-order valence-corrected chi connectivity index (χ4v) is 6.33. The molecule has 3 aliphatic heterocycles. The number of ether oxygens (including phenoxy) is 3. The summed E-state index contributed by atoms with van der Waals surface area (Å²) in [4.78, 5) is 41.0. The highest BCUT2D eigenvalue weighted by Crippen LogP contribution is 2.39. The lowest BCUT2D eigenvalue weighted by Gasteiger charge is -2.44. The number of morpholine rings is 1. The average Bonchev–Trinajstić information content (AvgIpc) is 2.99. The van der Waals surface area contributed by atoms with Crippen LogP contribution in [0.5, 0.6) is 5.75 Å². The van der Waals surface area contributed by atoms with Gasteiger partial charge in [0.15, 0.2) is 0 Å². The molecular weight excluding hydrogens is 548 g/mol. The summed E-state index contributed by atoms with van der Waals surface area (Å²) >= 11 is 0. The second kappa shape index (κ2) is 13.7. The maximum atomic E-state index is 13.5. The number of hydrogen-bond acceptors (Lipinski definition) is 6. The van der Waals surface area contributed by atoms with Crippen LogP contribution in [0.4, 0.5) is 9.59 Å². The molecule has 10 nitrogen and oxygen atoms in total. The second-order valence-electron chi connectivity index (χ2n) is 12.6. The largest absolute Gasteiger partial charge is 0.492 e. The Morgan fingerprint density at radius 3 is 2.47 bits per heavy atom. The van der Waals surface area contributed by atoms with Crippen LogP contribution in [0.15, 0.2) is 54.6 Å². The van der Waals surface area contributed by atoms with Crippen LogP contribution in [-0.4, -0.2) is 91.5 Å². The number of likely N-dealkylation sites (tertiary alicyclic amines) is 2. The van der Waals surface area contributed by atoms with E-state index in [9.17, 15) is 14.4 Å². The number of carbonyl (C=O) groups is 3. The third kappa shape index (κ3) is 8.19. The Hall–Kier alpha value is -3.79. The number of alkyl carbamates (subject to hydrolysis) is 1. The van der Waals surface area contributed by atoms with Gasteiger partial charge in [-0.05, 0) is 69.2 Å². The van der Waals surface area contributed by atoms with Gasteiger partial charge in [-0.1, -0.05) is 42.5 Å². The summed E-state index contributed by atoms with van der Waals surface area (Å²) in [6, 6.07) is 18.6. The Balaban J connectivity index is 1.19. The Kier molecular flexibility index (Phi) is 9.75. The minimum atomic E-state index is -0.546. The van der Waals surface area contributed by atoms with Gasteiger partial charge in [-0.2, -0.15) is 0 Å². The molecule has 2 aromatic carbocycles. The highest BCUT2D eigenvalue weighted by molar-refractivity contribution is 5.79. The van der Waals surface area contributed by atoms with Crippen molar-refractivity contribution in [1.29, 1.82) is 0 Å². The lowest BCUT2D eigenvalue weighted by Crippen LogP contribution is -2.62. The van der Waals surface area contributed by atoms with Crippen molar-refractivity contribution in [3.05, 3.63) is 65.7 Å². The lowest BCUT2D eigenvalue weighted by molar-refractivity contribution is -0.139. The minimum absolute atomic E-state index is 0.0138. The Morgan fingerprint density at radius 1 is 1.00 bits per heavy atom. The standard InChI is InChI=1S/C33H44N4O6/c1-33(2,3)43-31(39)34-15-19-41-26-11-7-10-25(20-26)30(23-8-5-4-6-9-23)24-12-16-36(17-13-24)32(40)37-18-14-28-27(21-37)35-29(38)22-42-28/h4-11,20,24,27-28,30H,12-19,21-22H2,1-3H3,(H,34,39)(H,35,38)/t27-,28+,30?/m1/s1. The highest BCUT2D eigenvalue weighted by atomic mass is 16.6. The SMILES string of the molecule is CC(C)(C)OC(=O)NCCOc1cccc(C(c2ccccc2)C2CCN(C(=O)N3CC[C@@H]4OCC(=O)N[C@@H]4C3)CC2)c1. The fraction of sp³-hybridized carbons (Fsp3) is 0.545. The van der Waals surface area contributed by atoms with E-state index in [1.807, 2.05) is 48.8 Å². The number of benzene rings is 2. The minimum Gasteiger partial charge on any atom is -0.492 e. The molecule has 232 valence electrons. The first kappa shape index (κ1) is 30.7. The van der Waals surface area contributed by atoms with E-state index in [0.717, 1.165) is 25.0 Å². The van der Waals surface area contributed by atoms with E-state index in [1.54, 1.807) is 0 Å². The molecule has 5 rings (SSSR count). The number of rotatable bonds is 7. The van der Waals surface area contributed by atoms with Gasteiger partial charge in [0, 0.05) is 32.1 Å². The number of fused-ring (bicyclic) bond motifs is 1. The number of amides is 4. The molecule has 3 saturated heterocycles. The molecule has 3 atom stereocenters.